The molecule has 0 unspecified atom stereocenters. The summed E-state index contributed by atoms with van der Waals surface area (Å²) in [5.41, 5.74) is 1.36. The van der Waals surface area contributed by atoms with Gasteiger partial charge in [0.25, 0.3) is 5.91 Å². The average molecular weight is 357 g/mol. The highest BCUT2D eigenvalue weighted by molar-refractivity contribution is 7.21. The van der Waals surface area contributed by atoms with Gasteiger partial charge in [0.1, 0.15) is 9.88 Å². The summed E-state index contributed by atoms with van der Waals surface area (Å²) in [6, 6.07) is 14.5. The summed E-state index contributed by atoms with van der Waals surface area (Å²) >= 11 is 3.12. The van der Waals surface area contributed by atoms with E-state index in [0.717, 1.165) is 35.7 Å². The van der Waals surface area contributed by atoms with Crippen molar-refractivity contribution in [2.24, 2.45) is 0 Å². The summed E-state index contributed by atoms with van der Waals surface area (Å²) in [5.74, 6) is 0.0648. The smallest absolute Gasteiger partial charge is 0.265 e. The van der Waals surface area contributed by atoms with E-state index in [1.807, 2.05) is 30.6 Å². The van der Waals surface area contributed by atoms with Gasteiger partial charge >= 0.3 is 0 Å². The van der Waals surface area contributed by atoms with Crippen LogP contribution in [0.3, 0.4) is 0 Å². The molecule has 0 spiro atoms. The van der Waals surface area contributed by atoms with Gasteiger partial charge in [-0.25, -0.2) is 4.98 Å². The molecule has 0 radical (unpaired) electrons. The first kappa shape index (κ1) is 16.9. The Morgan fingerprint density at radius 2 is 1.96 bits per heavy atom. The zero-order chi connectivity index (χ0) is 16.8. The molecule has 0 bridgehead atoms. The van der Waals surface area contributed by atoms with E-state index >= 15 is 0 Å². The fraction of sp³-hybridized carbons (Fsp3) is 0.263. The molecular formula is C19H20N2OS2. The Balaban J connectivity index is 1.48. The molecule has 3 nitrogen and oxygen atoms in total. The molecule has 3 aromatic rings. The number of aromatic nitrogens is 1. The van der Waals surface area contributed by atoms with E-state index in [1.165, 1.54) is 16.9 Å². The van der Waals surface area contributed by atoms with Gasteiger partial charge in [-0.15, -0.1) is 22.7 Å². The Bertz CT molecular complexity index is 766. The molecular weight excluding hydrogens is 336 g/mol. The van der Waals surface area contributed by atoms with E-state index in [2.05, 4.69) is 29.2 Å². The van der Waals surface area contributed by atoms with Gasteiger partial charge in [0.15, 0.2) is 0 Å². The first-order valence-electron chi connectivity index (χ1n) is 8.03. The average Bonchev–Trinajstić information content (AvgIpc) is 3.29. The number of carbonyl (C=O) groups excluding carboxylic acids is 1. The SMILES string of the molecule is CN(CCCCc1ccccc1)C(=O)c1cnc(-c2cccs2)s1. The Kier molecular flexibility index (Phi) is 5.77. The standard InChI is InChI=1S/C19H20N2OS2/c1-21(12-6-5-10-15-8-3-2-4-9-15)19(22)17-14-20-18(24-17)16-11-7-13-23-16/h2-4,7-9,11,13-14H,5-6,10,12H2,1H3. The maximum Gasteiger partial charge on any atom is 0.265 e. The number of amides is 1. The molecule has 1 aromatic carbocycles. The van der Waals surface area contributed by atoms with Crippen LogP contribution in [0.2, 0.25) is 0 Å². The predicted molar refractivity (Wildman–Crippen MR) is 102 cm³/mol. The van der Waals surface area contributed by atoms with Gasteiger partial charge in [-0.05, 0) is 36.3 Å². The zero-order valence-corrected chi connectivity index (χ0v) is 15.3. The Morgan fingerprint density at radius 1 is 1.12 bits per heavy atom. The second-order valence-corrected chi connectivity index (χ2v) is 7.65. The van der Waals surface area contributed by atoms with Crippen molar-refractivity contribution in [1.29, 1.82) is 0 Å². The lowest BCUT2D eigenvalue weighted by atomic mass is 10.1. The van der Waals surface area contributed by atoms with E-state index in [9.17, 15) is 4.79 Å². The largest absolute Gasteiger partial charge is 0.341 e. The van der Waals surface area contributed by atoms with Crippen LogP contribution in [0.15, 0.2) is 54.0 Å². The van der Waals surface area contributed by atoms with Crippen LogP contribution in [0.1, 0.15) is 28.1 Å². The number of benzene rings is 1. The third-order valence-corrected chi connectivity index (χ3v) is 5.87. The highest BCUT2D eigenvalue weighted by atomic mass is 32.1. The maximum absolute atomic E-state index is 12.5. The second-order valence-electron chi connectivity index (χ2n) is 5.68. The summed E-state index contributed by atoms with van der Waals surface area (Å²) in [7, 11) is 1.87. The first-order valence-corrected chi connectivity index (χ1v) is 9.73. The molecule has 0 atom stereocenters. The minimum Gasteiger partial charge on any atom is -0.341 e. The van der Waals surface area contributed by atoms with Crippen LogP contribution in [-0.4, -0.2) is 29.4 Å². The van der Waals surface area contributed by atoms with E-state index in [-0.39, 0.29) is 5.91 Å². The van der Waals surface area contributed by atoms with E-state index in [1.54, 1.807) is 22.4 Å². The Labute approximate surface area is 150 Å². The molecule has 0 saturated carbocycles. The van der Waals surface area contributed by atoms with Crippen molar-refractivity contribution in [2.75, 3.05) is 13.6 Å². The van der Waals surface area contributed by atoms with E-state index in [0.29, 0.717) is 4.88 Å². The minimum absolute atomic E-state index is 0.0648. The third-order valence-electron chi connectivity index (χ3n) is 3.85. The van der Waals surface area contributed by atoms with Crippen molar-refractivity contribution in [3.05, 3.63) is 64.5 Å². The zero-order valence-electron chi connectivity index (χ0n) is 13.6. The van der Waals surface area contributed by atoms with E-state index in [4.69, 9.17) is 0 Å². The molecule has 124 valence electrons. The van der Waals surface area contributed by atoms with Crippen LogP contribution < -0.4 is 0 Å². The van der Waals surface area contributed by atoms with Crippen LogP contribution in [0.4, 0.5) is 0 Å². The molecule has 0 aliphatic carbocycles. The van der Waals surface area contributed by atoms with Crippen molar-refractivity contribution >= 4 is 28.6 Å². The van der Waals surface area contributed by atoms with Crippen molar-refractivity contribution < 1.29 is 4.79 Å². The molecule has 2 heterocycles. The number of aryl methyl sites for hydroxylation is 1. The fourth-order valence-corrected chi connectivity index (χ4v) is 4.21. The highest BCUT2D eigenvalue weighted by Gasteiger charge is 2.15. The maximum atomic E-state index is 12.5. The summed E-state index contributed by atoms with van der Waals surface area (Å²) in [5, 5.41) is 2.95. The number of hydrogen-bond acceptors (Lipinski definition) is 4. The van der Waals surface area contributed by atoms with Gasteiger partial charge in [-0.3, -0.25) is 4.79 Å². The van der Waals surface area contributed by atoms with Gasteiger partial charge in [-0.1, -0.05) is 36.4 Å². The summed E-state index contributed by atoms with van der Waals surface area (Å²) in [4.78, 5) is 20.5. The number of nitrogens with zero attached hydrogens (tertiary/aromatic N) is 2. The second kappa shape index (κ2) is 8.22. The van der Waals surface area contributed by atoms with Gasteiger partial charge < -0.3 is 4.90 Å². The van der Waals surface area contributed by atoms with Crippen LogP contribution >= 0.6 is 22.7 Å². The van der Waals surface area contributed by atoms with Crippen LogP contribution in [0.25, 0.3) is 9.88 Å². The van der Waals surface area contributed by atoms with Crippen LogP contribution in [-0.2, 0) is 6.42 Å². The number of hydrogen-bond donors (Lipinski definition) is 0. The highest BCUT2D eigenvalue weighted by Crippen LogP contribution is 2.29. The summed E-state index contributed by atoms with van der Waals surface area (Å²) < 4.78 is 0. The molecule has 0 saturated heterocycles. The predicted octanol–water partition coefficient (Wildman–Crippen LogP) is 4.97. The normalized spacial score (nSPS) is 10.7. The molecule has 2 aromatic heterocycles. The van der Waals surface area contributed by atoms with Crippen molar-refractivity contribution in [2.45, 2.75) is 19.3 Å². The molecule has 0 fully saturated rings. The monoisotopic (exact) mass is 356 g/mol. The minimum atomic E-state index is 0.0648. The number of unbranched alkanes of at least 4 members (excludes halogenated alkanes) is 1. The Hall–Kier alpha value is -1.98. The van der Waals surface area contributed by atoms with Crippen molar-refractivity contribution in [3.63, 3.8) is 0 Å². The van der Waals surface area contributed by atoms with Gasteiger partial charge in [0.2, 0.25) is 0 Å². The fourth-order valence-electron chi connectivity index (χ4n) is 2.50. The lowest BCUT2D eigenvalue weighted by Gasteiger charge is -2.15. The molecule has 5 heteroatoms. The Morgan fingerprint density at radius 3 is 2.71 bits per heavy atom. The van der Waals surface area contributed by atoms with Gasteiger partial charge in [0.05, 0.1) is 11.1 Å². The molecule has 24 heavy (non-hydrogen) atoms. The lowest BCUT2D eigenvalue weighted by Crippen LogP contribution is -2.27. The first-order chi connectivity index (χ1) is 11.7. The van der Waals surface area contributed by atoms with Crippen LogP contribution in [0.5, 0.6) is 0 Å². The van der Waals surface area contributed by atoms with Crippen LogP contribution in [0, 0.1) is 0 Å². The molecule has 1 amide bonds. The van der Waals surface area contributed by atoms with Gasteiger partial charge in [0, 0.05) is 13.6 Å². The molecule has 0 aliphatic heterocycles. The number of carbonyl (C=O) groups is 1. The number of rotatable bonds is 7. The third kappa shape index (κ3) is 4.30. The van der Waals surface area contributed by atoms with Gasteiger partial charge in [-0.2, -0.15) is 0 Å². The van der Waals surface area contributed by atoms with Crippen molar-refractivity contribution in [3.8, 4) is 9.88 Å². The number of thiophene rings is 1. The lowest BCUT2D eigenvalue weighted by molar-refractivity contribution is 0.0797. The number of thiazole rings is 1. The summed E-state index contributed by atoms with van der Waals surface area (Å²) in [6.07, 6.45) is 4.85. The van der Waals surface area contributed by atoms with Crippen molar-refractivity contribution in [1.82, 2.24) is 9.88 Å². The molecule has 0 aliphatic rings. The molecule has 3 rings (SSSR count). The summed E-state index contributed by atoms with van der Waals surface area (Å²) in [6.45, 7) is 0.776. The molecule has 0 N–H and O–H groups in total. The quantitative estimate of drug-likeness (QED) is 0.560. The topological polar surface area (TPSA) is 33.2 Å². The van der Waals surface area contributed by atoms with E-state index < -0.39 is 0 Å².